The summed E-state index contributed by atoms with van der Waals surface area (Å²) in [5.74, 6) is 0.930. The molecule has 0 amide bonds. The maximum absolute atomic E-state index is 6.09. The van der Waals surface area contributed by atoms with Crippen LogP contribution in [0.25, 0.3) is 0 Å². The molecule has 3 nitrogen and oxygen atoms in total. The van der Waals surface area contributed by atoms with Gasteiger partial charge in [0.1, 0.15) is 0 Å². The highest BCUT2D eigenvalue weighted by Gasteiger charge is 2.46. The van der Waals surface area contributed by atoms with Gasteiger partial charge in [0.2, 0.25) is 0 Å². The average molecular weight is 250 g/mol. The van der Waals surface area contributed by atoms with Crippen molar-refractivity contribution in [2.24, 2.45) is 5.92 Å². The van der Waals surface area contributed by atoms with Crippen LogP contribution in [0.5, 0.6) is 0 Å². The van der Waals surface area contributed by atoms with Gasteiger partial charge in [-0.2, -0.15) is 0 Å². The molecule has 1 saturated carbocycles. The Labute approximate surface area is 110 Å². The highest BCUT2D eigenvalue weighted by molar-refractivity contribution is 5.00. The minimum atomic E-state index is 0.307. The minimum Gasteiger partial charge on any atom is -0.375 e. The van der Waals surface area contributed by atoms with Crippen LogP contribution in [0.3, 0.4) is 0 Å². The quantitative estimate of drug-likeness (QED) is 0.767. The smallest absolute Gasteiger partial charge is 0.0697 e. The molecule has 0 aromatic rings. The van der Waals surface area contributed by atoms with Gasteiger partial charge in [-0.3, -0.25) is 4.90 Å². The van der Waals surface area contributed by atoms with Crippen LogP contribution in [0.4, 0.5) is 0 Å². The molecule has 3 heteroatoms. The van der Waals surface area contributed by atoms with Gasteiger partial charge in [0, 0.05) is 25.2 Å². The molecule has 4 fully saturated rings. The second kappa shape index (κ2) is 4.46. The lowest BCUT2D eigenvalue weighted by atomic mass is 9.73. The molecule has 0 aromatic heterocycles. The Morgan fingerprint density at radius 1 is 1.11 bits per heavy atom. The molecular weight excluding hydrogens is 224 g/mol. The number of nitrogens with zero attached hydrogens (tertiary/aromatic N) is 1. The molecule has 3 heterocycles. The number of ether oxygens (including phenoxy) is 1. The van der Waals surface area contributed by atoms with Gasteiger partial charge < -0.3 is 10.1 Å². The highest BCUT2D eigenvalue weighted by atomic mass is 16.5. The zero-order chi connectivity index (χ0) is 12.0. The first kappa shape index (κ1) is 11.7. The lowest BCUT2D eigenvalue weighted by molar-refractivity contribution is -0.154. The van der Waals surface area contributed by atoms with Crippen molar-refractivity contribution in [3.05, 3.63) is 0 Å². The van der Waals surface area contributed by atoms with E-state index in [2.05, 4.69) is 10.2 Å². The third-order valence-corrected chi connectivity index (χ3v) is 5.92. The van der Waals surface area contributed by atoms with Crippen LogP contribution in [0.1, 0.15) is 44.9 Å². The number of piperidine rings is 1. The number of hydrogen-bond donors (Lipinski definition) is 1. The summed E-state index contributed by atoms with van der Waals surface area (Å²) in [7, 11) is 0. The maximum Gasteiger partial charge on any atom is 0.0697 e. The molecule has 1 aliphatic carbocycles. The van der Waals surface area contributed by atoms with Crippen LogP contribution < -0.4 is 5.32 Å². The zero-order valence-corrected chi connectivity index (χ0v) is 11.4. The molecule has 18 heavy (non-hydrogen) atoms. The van der Waals surface area contributed by atoms with Gasteiger partial charge in [0.25, 0.3) is 0 Å². The Bertz CT molecular complexity index is 316. The standard InChI is InChI=1S/C15H26N2O/c1-3-12-10-16-11-14(12)17(7-1)13-4-8-18-15(9-13)5-2-6-15/h12-14,16H,1-11H2. The lowest BCUT2D eigenvalue weighted by Gasteiger charge is -2.52. The van der Waals surface area contributed by atoms with E-state index in [1.807, 2.05) is 0 Å². The molecule has 1 N–H and O–H groups in total. The number of hydrogen-bond acceptors (Lipinski definition) is 3. The summed E-state index contributed by atoms with van der Waals surface area (Å²) in [6.07, 6.45) is 9.48. The maximum atomic E-state index is 6.09. The van der Waals surface area contributed by atoms with Crippen molar-refractivity contribution < 1.29 is 4.74 Å². The van der Waals surface area contributed by atoms with Crippen molar-refractivity contribution in [3.8, 4) is 0 Å². The first-order valence-electron chi connectivity index (χ1n) is 7.97. The Balaban J connectivity index is 1.48. The van der Waals surface area contributed by atoms with E-state index in [4.69, 9.17) is 4.74 Å². The van der Waals surface area contributed by atoms with E-state index < -0.39 is 0 Å². The summed E-state index contributed by atoms with van der Waals surface area (Å²) in [6, 6.07) is 1.64. The van der Waals surface area contributed by atoms with Crippen molar-refractivity contribution in [1.29, 1.82) is 0 Å². The molecule has 0 aromatic carbocycles. The molecule has 4 aliphatic rings. The summed E-state index contributed by atoms with van der Waals surface area (Å²) >= 11 is 0. The minimum absolute atomic E-state index is 0.307. The van der Waals surface area contributed by atoms with Gasteiger partial charge in [-0.05, 0) is 64.0 Å². The van der Waals surface area contributed by atoms with Gasteiger partial charge >= 0.3 is 0 Å². The van der Waals surface area contributed by atoms with Crippen LogP contribution >= 0.6 is 0 Å². The largest absolute Gasteiger partial charge is 0.375 e. The first-order chi connectivity index (χ1) is 8.86. The van der Waals surface area contributed by atoms with Crippen LogP contribution in [-0.4, -0.2) is 48.8 Å². The highest BCUT2D eigenvalue weighted by Crippen LogP contribution is 2.44. The normalized spacial score (nSPS) is 43.7. The molecule has 0 radical (unpaired) electrons. The van der Waals surface area contributed by atoms with Crippen LogP contribution in [-0.2, 0) is 4.74 Å². The number of fused-ring (bicyclic) bond motifs is 1. The van der Waals surface area contributed by atoms with E-state index in [-0.39, 0.29) is 0 Å². The molecular formula is C15H26N2O. The van der Waals surface area contributed by atoms with Gasteiger partial charge in [-0.25, -0.2) is 0 Å². The van der Waals surface area contributed by atoms with Gasteiger partial charge in [-0.15, -0.1) is 0 Å². The Morgan fingerprint density at radius 3 is 2.89 bits per heavy atom. The topological polar surface area (TPSA) is 24.5 Å². The fourth-order valence-corrected chi connectivity index (χ4v) is 4.76. The Hall–Kier alpha value is -0.120. The Morgan fingerprint density at radius 2 is 2.06 bits per heavy atom. The number of likely N-dealkylation sites (tertiary alicyclic amines) is 1. The average Bonchev–Trinajstić information content (AvgIpc) is 2.85. The second-order valence-corrected chi connectivity index (χ2v) is 6.90. The first-order valence-corrected chi connectivity index (χ1v) is 7.97. The number of nitrogens with one attached hydrogen (secondary N) is 1. The molecule has 102 valence electrons. The summed E-state index contributed by atoms with van der Waals surface area (Å²) in [6.45, 7) is 4.83. The monoisotopic (exact) mass is 250 g/mol. The van der Waals surface area contributed by atoms with Gasteiger partial charge in [-0.1, -0.05) is 0 Å². The fourth-order valence-electron chi connectivity index (χ4n) is 4.76. The van der Waals surface area contributed by atoms with E-state index in [1.165, 1.54) is 64.6 Å². The van der Waals surface area contributed by atoms with Gasteiger partial charge in [0.05, 0.1) is 5.60 Å². The molecule has 1 spiro atoms. The van der Waals surface area contributed by atoms with E-state index in [9.17, 15) is 0 Å². The zero-order valence-electron chi connectivity index (χ0n) is 11.4. The molecule has 0 bridgehead atoms. The summed E-state index contributed by atoms with van der Waals surface area (Å²) < 4.78 is 6.09. The molecule has 4 rings (SSSR count). The molecule has 3 atom stereocenters. The SMILES string of the molecule is C1CC2CNCC2N(C2CCOC3(CCC3)C2)C1. The molecule has 3 aliphatic heterocycles. The van der Waals surface area contributed by atoms with Crippen molar-refractivity contribution in [2.75, 3.05) is 26.2 Å². The van der Waals surface area contributed by atoms with Crippen molar-refractivity contribution in [1.82, 2.24) is 10.2 Å². The third-order valence-electron chi connectivity index (χ3n) is 5.92. The third kappa shape index (κ3) is 1.83. The van der Waals surface area contributed by atoms with E-state index in [0.29, 0.717) is 5.60 Å². The van der Waals surface area contributed by atoms with Crippen LogP contribution in [0, 0.1) is 5.92 Å². The van der Waals surface area contributed by atoms with Gasteiger partial charge in [0.15, 0.2) is 0 Å². The summed E-state index contributed by atoms with van der Waals surface area (Å²) in [5, 5.41) is 3.61. The van der Waals surface area contributed by atoms with E-state index in [0.717, 1.165) is 24.6 Å². The van der Waals surface area contributed by atoms with Crippen LogP contribution in [0.15, 0.2) is 0 Å². The molecule has 3 unspecified atom stereocenters. The number of rotatable bonds is 1. The Kier molecular flexibility index (Phi) is 2.90. The van der Waals surface area contributed by atoms with Crippen molar-refractivity contribution in [3.63, 3.8) is 0 Å². The van der Waals surface area contributed by atoms with Crippen molar-refractivity contribution in [2.45, 2.75) is 62.6 Å². The predicted molar refractivity (Wildman–Crippen MR) is 71.6 cm³/mol. The predicted octanol–water partition coefficient (Wildman–Crippen LogP) is 1.77. The molecule has 3 saturated heterocycles. The van der Waals surface area contributed by atoms with E-state index >= 15 is 0 Å². The van der Waals surface area contributed by atoms with Crippen LogP contribution in [0.2, 0.25) is 0 Å². The summed E-state index contributed by atoms with van der Waals surface area (Å²) in [4.78, 5) is 2.86. The van der Waals surface area contributed by atoms with Crippen molar-refractivity contribution >= 4 is 0 Å². The fraction of sp³-hybridized carbons (Fsp3) is 1.00. The summed E-state index contributed by atoms with van der Waals surface area (Å²) in [5.41, 5.74) is 0.307. The lowest BCUT2D eigenvalue weighted by Crippen LogP contribution is -2.57. The van der Waals surface area contributed by atoms with E-state index in [1.54, 1.807) is 0 Å². The second-order valence-electron chi connectivity index (χ2n) is 6.90.